The van der Waals surface area contributed by atoms with E-state index in [1.807, 2.05) is 6.92 Å². The van der Waals surface area contributed by atoms with Crippen LogP contribution in [0.3, 0.4) is 0 Å². The van der Waals surface area contributed by atoms with Crippen molar-refractivity contribution < 1.29 is 19.1 Å². The Balaban J connectivity index is 3.30. The van der Waals surface area contributed by atoms with Crippen LogP contribution in [0.15, 0.2) is 0 Å². The maximum absolute atomic E-state index is 11.5. The molecule has 88 valence electrons. The summed E-state index contributed by atoms with van der Waals surface area (Å²) >= 11 is 0. The van der Waals surface area contributed by atoms with Gasteiger partial charge in [-0.2, -0.15) is 0 Å². The molecule has 1 heterocycles. The van der Waals surface area contributed by atoms with E-state index < -0.39 is 5.97 Å². The molecular weight excluding hydrogens is 210 g/mol. The van der Waals surface area contributed by atoms with Gasteiger partial charge in [-0.3, -0.25) is 4.79 Å². The number of H-pyrrole nitrogens is 1. The molecule has 1 aromatic rings. The fraction of sp³-hybridized carbons (Fsp3) is 0.455. The molecule has 0 saturated heterocycles. The first-order valence-corrected chi connectivity index (χ1v) is 4.95. The van der Waals surface area contributed by atoms with Crippen LogP contribution in [0.25, 0.3) is 0 Å². The van der Waals surface area contributed by atoms with Gasteiger partial charge < -0.3 is 14.5 Å². The Morgan fingerprint density at radius 2 is 2.12 bits per heavy atom. The highest BCUT2D eigenvalue weighted by Gasteiger charge is 2.22. The van der Waals surface area contributed by atoms with Crippen LogP contribution in [0.1, 0.15) is 39.0 Å². The second-order valence-corrected chi connectivity index (χ2v) is 3.27. The molecule has 0 aliphatic heterocycles. The van der Waals surface area contributed by atoms with Crippen molar-refractivity contribution in [3.8, 4) is 0 Å². The first-order chi connectivity index (χ1) is 7.69. The van der Waals surface area contributed by atoms with Crippen molar-refractivity contribution in [2.75, 3.05) is 14.2 Å². The van der Waals surface area contributed by atoms with Crippen LogP contribution in [0.5, 0.6) is 0 Å². The number of carbonyl (C=O) groups is 2. The molecule has 0 aliphatic rings. The monoisotopic (exact) mass is 225 g/mol. The van der Waals surface area contributed by atoms with Crippen LogP contribution < -0.4 is 0 Å². The van der Waals surface area contributed by atoms with Crippen molar-refractivity contribution in [3.63, 3.8) is 0 Å². The minimum absolute atomic E-state index is 0.246. The molecule has 0 unspecified atom stereocenters. The van der Waals surface area contributed by atoms with E-state index in [-0.39, 0.29) is 5.69 Å². The molecule has 0 aromatic carbocycles. The van der Waals surface area contributed by atoms with Gasteiger partial charge in [0.05, 0.1) is 25.0 Å². The fourth-order valence-electron chi connectivity index (χ4n) is 1.70. The number of aromatic nitrogens is 1. The average molecular weight is 225 g/mol. The maximum Gasteiger partial charge on any atom is 0.340 e. The lowest BCUT2D eigenvalue weighted by Gasteiger charge is -2.02. The maximum atomic E-state index is 11.5. The van der Waals surface area contributed by atoms with Gasteiger partial charge in [-0.05, 0) is 12.0 Å². The number of nitrogens with one attached hydrogen (secondary N) is 1. The van der Waals surface area contributed by atoms with Gasteiger partial charge in [0.2, 0.25) is 0 Å². The van der Waals surface area contributed by atoms with E-state index in [1.165, 1.54) is 7.11 Å². The van der Waals surface area contributed by atoms with E-state index in [0.717, 1.165) is 11.3 Å². The van der Waals surface area contributed by atoms with Crippen molar-refractivity contribution >= 4 is 12.3 Å². The summed E-state index contributed by atoms with van der Waals surface area (Å²) in [6, 6.07) is 0. The first-order valence-electron chi connectivity index (χ1n) is 4.95. The topological polar surface area (TPSA) is 68.4 Å². The summed E-state index contributed by atoms with van der Waals surface area (Å²) in [6.07, 6.45) is 1.25. The van der Waals surface area contributed by atoms with Crippen LogP contribution >= 0.6 is 0 Å². The highest BCUT2D eigenvalue weighted by Crippen LogP contribution is 2.20. The summed E-state index contributed by atoms with van der Waals surface area (Å²) in [7, 11) is 2.85. The van der Waals surface area contributed by atoms with E-state index in [4.69, 9.17) is 4.74 Å². The SMILES string of the molecule is CCc1c(COC)[nH]c(C=O)c1C(=O)OC. The summed E-state index contributed by atoms with van der Waals surface area (Å²) in [5.74, 6) is -0.502. The molecule has 0 spiro atoms. The fourth-order valence-corrected chi connectivity index (χ4v) is 1.70. The van der Waals surface area contributed by atoms with Gasteiger partial charge in [-0.1, -0.05) is 6.92 Å². The Bertz CT molecular complexity index is 395. The Morgan fingerprint density at radius 3 is 2.56 bits per heavy atom. The predicted octanol–water partition coefficient (Wildman–Crippen LogP) is 1.32. The van der Waals surface area contributed by atoms with Crippen LogP contribution in [0, 0.1) is 0 Å². The zero-order valence-electron chi connectivity index (χ0n) is 9.62. The lowest BCUT2D eigenvalue weighted by Crippen LogP contribution is -2.06. The van der Waals surface area contributed by atoms with Gasteiger partial charge >= 0.3 is 5.97 Å². The Hall–Kier alpha value is -1.62. The molecule has 1 aromatic heterocycles. The molecule has 1 rings (SSSR count). The molecule has 5 heteroatoms. The van der Waals surface area contributed by atoms with Gasteiger partial charge in [0.15, 0.2) is 6.29 Å². The van der Waals surface area contributed by atoms with E-state index in [9.17, 15) is 9.59 Å². The normalized spacial score (nSPS) is 10.2. The smallest absolute Gasteiger partial charge is 0.340 e. The molecule has 16 heavy (non-hydrogen) atoms. The zero-order valence-corrected chi connectivity index (χ0v) is 9.62. The molecule has 5 nitrogen and oxygen atoms in total. The molecule has 0 fully saturated rings. The van der Waals surface area contributed by atoms with Crippen molar-refractivity contribution in [1.82, 2.24) is 4.98 Å². The number of aldehydes is 1. The number of hydrogen-bond acceptors (Lipinski definition) is 4. The van der Waals surface area contributed by atoms with Crippen LogP contribution in [0.4, 0.5) is 0 Å². The minimum Gasteiger partial charge on any atom is -0.465 e. The van der Waals surface area contributed by atoms with E-state index in [2.05, 4.69) is 9.72 Å². The zero-order chi connectivity index (χ0) is 12.1. The largest absolute Gasteiger partial charge is 0.465 e. The van der Waals surface area contributed by atoms with E-state index in [0.29, 0.717) is 24.9 Å². The molecule has 0 amide bonds. The minimum atomic E-state index is -0.502. The van der Waals surface area contributed by atoms with Crippen molar-refractivity contribution in [1.29, 1.82) is 0 Å². The highest BCUT2D eigenvalue weighted by atomic mass is 16.5. The standard InChI is InChI=1S/C11H15NO4/c1-4-7-9(6-15-2)12-8(5-13)10(7)11(14)16-3/h5,12H,4,6H2,1-3H3. The van der Waals surface area contributed by atoms with Crippen LogP contribution in [0.2, 0.25) is 0 Å². The molecular formula is C11H15NO4. The van der Waals surface area contributed by atoms with Gasteiger partial charge in [0, 0.05) is 12.8 Å². The third-order valence-corrected chi connectivity index (χ3v) is 2.37. The molecule has 0 saturated carbocycles. The number of hydrogen-bond donors (Lipinski definition) is 1. The van der Waals surface area contributed by atoms with Gasteiger partial charge in [-0.25, -0.2) is 4.79 Å². The molecule has 0 radical (unpaired) electrons. The van der Waals surface area contributed by atoms with Gasteiger partial charge in [0.1, 0.15) is 0 Å². The lowest BCUT2D eigenvalue weighted by atomic mass is 10.1. The Labute approximate surface area is 93.7 Å². The second-order valence-electron chi connectivity index (χ2n) is 3.27. The van der Waals surface area contributed by atoms with Crippen molar-refractivity contribution in [2.24, 2.45) is 0 Å². The van der Waals surface area contributed by atoms with Crippen LogP contribution in [-0.2, 0) is 22.5 Å². The van der Waals surface area contributed by atoms with Gasteiger partial charge in [0.25, 0.3) is 0 Å². The quantitative estimate of drug-likeness (QED) is 0.606. The molecule has 0 atom stereocenters. The average Bonchev–Trinajstić information content (AvgIpc) is 2.66. The summed E-state index contributed by atoms with van der Waals surface area (Å²) in [5, 5.41) is 0. The van der Waals surface area contributed by atoms with E-state index in [1.54, 1.807) is 7.11 Å². The van der Waals surface area contributed by atoms with Crippen LogP contribution in [-0.4, -0.2) is 31.5 Å². The molecule has 0 aliphatic carbocycles. The Kier molecular flexibility index (Phi) is 4.25. The third-order valence-electron chi connectivity index (χ3n) is 2.37. The lowest BCUT2D eigenvalue weighted by molar-refractivity contribution is 0.0597. The van der Waals surface area contributed by atoms with E-state index >= 15 is 0 Å². The second kappa shape index (κ2) is 5.46. The summed E-state index contributed by atoms with van der Waals surface area (Å²) in [5.41, 5.74) is 2.08. The predicted molar refractivity (Wildman–Crippen MR) is 57.6 cm³/mol. The summed E-state index contributed by atoms with van der Waals surface area (Å²) in [6.45, 7) is 2.24. The number of rotatable bonds is 5. The summed E-state index contributed by atoms with van der Waals surface area (Å²) in [4.78, 5) is 25.3. The van der Waals surface area contributed by atoms with Crippen molar-refractivity contribution in [2.45, 2.75) is 20.0 Å². The number of methoxy groups -OCH3 is 2. The number of carbonyl (C=O) groups excluding carboxylic acids is 2. The first kappa shape index (κ1) is 12.4. The summed E-state index contributed by atoms with van der Waals surface area (Å²) < 4.78 is 9.65. The third kappa shape index (κ3) is 2.14. The van der Waals surface area contributed by atoms with Gasteiger partial charge in [-0.15, -0.1) is 0 Å². The van der Waals surface area contributed by atoms with Crippen molar-refractivity contribution in [3.05, 3.63) is 22.5 Å². The molecule has 0 bridgehead atoms. The number of esters is 1. The number of aromatic amines is 1. The Morgan fingerprint density at radius 1 is 1.44 bits per heavy atom. The highest BCUT2D eigenvalue weighted by molar-refractivity contribution is 5.99. The molecule has 1 N–H and O–H groups in total. The number of ether oxygens (including phenoxy) is 2.